The Morgan fingerprint density at radius 1 is 1.13 bits per heavy atom. The Kier molecular flexibility index (Phi) is 17.8. The zero-order valence-electron chi connectivity index (χ0n) is 18.4. The van der Waals surface area contributed by atoms with E-state index in [2.05, 4.69) is 32.7 Å². The number of rotatable bonds is 3. The number of aliphatic imine (C=N–C) groups is 2. The van der Waals surface area contributed by atoms with E-state index in [4.69, 9.17) is 16.2 Å². The van der Waals surface area contributed by atoms with Gasteiger partial charge in [0.15, 0.2) is 5.96 Å². The van der Waals surface area contributed by atoms with Crippen LogP contribution in [0.15, 0.2) is 65.4 Å². The molecule has 0 fully saturated rings. The smallest absolute Gasteiger partial charge is 0.412 e. The van der Waals surface area contributed by atoms with Crippen molar-refractivity contribution in [3.63, 3.8) is 0 Å². The topological polar surface area (TPSA) is 159 Å². The fourth-order valence-electron chi connectivity index (χ4n) is 1.46. The molecule has 1 amide bonds. The third-order valence-electron chi connectivity index (χ3n) is 2.98. The summed E-state index contributed by atoms with van der Waals surface area (Å²) in [5.74, 6) is 0.665. The first-order valence-corrected chi connectivity index (χ1v) is 8.92. The Morgan fingerprint density at radius 3 is 2.07 bits per heavy atom. The lowest BCUT2D eigenvalue weighted by Crippen LogP contribution is -2.28. The molecule has 0 radical (unpaired) electrons. The van der Waals surface area contributed by atoms with Gasteiger partial charge in [0, 0.05) is 32.2 Å². The van der Waals surface area contributed by atoms with Gasteiger partial charge in [-0.1, -0.05) is 36.9 Å². The molecular formula is C20H34N8O2. The van der Waals surface area contributed by atoms with Gasteiger partial charge in [-0.05, 0) is 32.5 Å². The number of hydrogen-bond acceptors (Lipinski definition) is 6. The van der Waals surface area contributed by atoms with Crippen LogP contribution in [0.25, 0.3) is 5.70 Å². The number of guanidine groups is 1. The van der Waals surface area contributed by atoms with Gasteiger partial charge in [-0.2, -0.15) is 5.10 Å². The van der Waals surface area contributed by atoms with Crippen molar-refractivity contribution >= 4 is 23.6 Å². The van der Waals surface area contributed by atoms with Crippen LogP contribution in [0.2, 0.25) is 0 Å². The molecule has 0 atom stereocenters. The highest BCUT2D eigenvalue weighted by Gasteiger charge is 2.02. The monoisotopic (exact) mass is 418 g/mol. The van der Waals surface area contributed by atoms with Crippen molar-refractivity contribution in [1.82, 2.24) is 15.1 Å². The first kappa shape index (κ1) is 28.5. The lowest BCUT2D eigenvalue weighted by molar-refractivity contribution is 0.145. The first-order valence-electron chi connectivity index (χ1n) is 8.92. The van der Waals surface area contributed by atoms with Gasteiger partial charge in [0.1, 0.15) is 12.4 Å². The summed E-state index contributed by atoms with van der Waals surface area (Å²) in [5.41, 5.74) is 16.0. The predicted molar refractivity (Wildman–Crippen MR) is 124 cm³/mol. The Labute approximate surface area is 178 Å². The quantitative estimate of drug-likeness (QED) is 0.439. The zero-order valence-corrected chi connectivity index (χ0v) is 18.4. The van der Waals surface area contributed by atoms with E-state index in [-0.39, 0.29) is 12.6 Å². The number of benzene rings is 1. The number of hydrogen-bond donors (Lipinski definition) is 4. The van der Waals surface area contributed by atoms with E-state index in [9.17, 15) is 4.79 Å². The number of ether oxygens (including phenoxy) is 1. The number of nitrogens with zero attached hydrogens (tertiary/aromatic N) is 4. The summed E-state index contributed by atoms with van der Waals surface area (Å²) in [7, 11) is 4.64. The summed E-state index contributed by atoms with van der Waals surface area (Å²) in [6.45, 7) is 7.57. The molecule has 166 valence electrons. The van der Waals surface area contributed by atoms with Gasteiger partial charge in [-0.3, -0.25) is 15.3 Å². The summed E-state index contributed by atoms with van der Waals surface area (Å²) in [4.78, 5) is 18.3. The van der Waals surface area contributed by atoms with Crippen molar-refractivity contribution in [2.75, 3.05) is 21.1 Å². The van der Waals surface area contributed by atoms with Crippen molar-refractivity contribution in [2.45, 2.75) is 20.5 Å². The SMILES string of the molecule is C=C(C)n1cccn1.CN.CN=C(C)NC(=O)OCc1ccccc1.CN=C(N)N. The molecule has 1 heterocycles. The third-order valence-corrected chi connectivity index (χ3v) is 2.98. The van der Waals surface area contributed by atoms with Crippen LogP contribution in [-0.2, 0) is 11.3 Å². The Hall–Kier alpha value is -3.66. The van der Waals surface area contributed by atoms with E-state index < -0.39 is 6.09 Å². The molecule has 10 nitrogen and oxygen atoms in total. The minimum Gasteiger partial charge on any atom is -0.444 e. The first-order chi connectivity index (χ1) is 14.3. The molecule has 0 aliphatic rings. The Balaban J connectivity index is 0. The number of carbonyl (C=O) groups is 1. The molecule has 0 unspecified atom stereocenters. The molecule has 0 saturated carbocycles. The summed E-state index contributed by atoms with van der Waals surface area (Å²) in [5, 5.41) is 6.42. The maximum absolute atomic E-state index is 11.2. The van der Waals surface area contributed by atoms with Gasteiger partial charge in [0.25, 0.3) is 0 Å². The summed E-state index contributed by atoms with van der Waals surface area (Å²) >= 11 is 0. The van der Waals surface area contributed by atoms with E-state index in [0.29, 0.717) is 5.84 Å². The Bertz CT molecular complexity index is 752. The fraction of sp³-hybridized carbons (Fsp3) is 0.300. The molecule has 0 aliphatic carbocycles. The van der Waals surface area contributed by atoms with E-state index in [1.54, 1.807) is 24.9 Å². The van der Waals surface area contributed by atoms with Gasteiger partial charge in [-0.25, -0.2) is 9.48 Å². The number of nitrogens with two attached hydrogens (primary N) is 3. The summed E-state index contributed by atoms with van der Waals surface area (Å²) in [6, 6.07) is 11.4. The van der Waals surface area contributed by atoms with Gasteiger partial charge in [-0.15, -0.1) is 0 Å². The molecule has 1 aromatic heterocycles. The van der Waals surface area contributed by atoms with Crippen LogP contribution in [0, 0.1) is 0 Å². The largest absolute Gasteiger partial charge is 0.444 e. The second kappa shape index (κ2) is 18.7. The predicted octanol–water partition coefficient (Wildman–Crippen LogP) is 1.80. The second-order valence-corrected chi connectivity index (χ2v) is 5.33. The number of carbonyl (C=O) groups excluding carboxylic acids is 1. The average Bonchev–Trinajstić information content (AvgIpc) is 3.30. The van der Waals surface area contributed by atoms with Crippen molar-refractivity contribution in [3.8, 4) is 0 Å². The van der Waals surface area contributed by atoms with Crippen molar-refractivity contribution in [1.29, 1.82) is 0 Å². The number of nitrogens with one attached hydrogen (secondary N) is 1. The van der Waals surface area contributed by atoms with Crippen LogP contribution in [0.3, 0.4) is 0 Å². The minimum absolute atomic E-state index is 0.130. The average molecular weight is 419 g/mol. The maximum Gasteiger partial charge on any atom is 0.412 e. The van der Waals surface area contributed by atoms with E-state index in [1.165, 1.54) is 14.1 Å². The second-order valence-electron chi connectivity index (χ2n) is 5.33. The molecule has 7 N–H and O–H groups in total. The molecule has 0 saturated heterocycles. The van der Waals surface area contributed by atoms with E-state index in [1.807, 2.05) is 49.5 Å². The zero-order chi connectivity index (χ0) is 23.4. The van der Waals surface area contributed by atoms with Gasteiger partial charge < -0.3 is 21.9 Å². The molecule has 0 bridgehead atoms. The molecule has 0 spiro atoms. The normalized spacial score (nSPS) is 9.20. The van der Waals surface area contributed by atoms with Crippen molar-refractivity contribution in [2.24, 2.45) is 27.2 Å². The van der Waals surface area contributed by atoms with Crippen molar-refractivity contribution in [3.05, 3.63) is 60.9 Å². The highest BCUT2D eigenvalue weighted by Crippen LogP contribution is 2.00. The number of amides is 1. The number of allylic oxidation sites excluding steroid dienone is 1. The highest BCUT2D eigenvalue weighted by molar-refractivity contribution is 5.93. The lowest BCUT2D eigenvalue weighted by Gasteiger charge is -2.05. The molecule has 0 aliphatic heterocycles. The van der Waals surface area contributed by atoms with Gasteiger partial charge in [0.05, 0.1) is 0 Å². The van der Waals surface area contributed by atoms with Crippen LogP contribution in [0.4, 0.5) is 4.79 Å². The molecule has 1 aromatic carbocycles. The van der Waals surface area contributed by atoms with Crippen LogP contribution in [-0.4, -0.2) is 48.8 Å². The van der Waals surface area contributed by atoms with E-state index >= 15 is 0 Å². The molecule has 30 heavy (non-hydrogen) atoms. The Morgan fingerprint density at radius 2 is 1.70 bits per heavy atom. The summed E-state index contributed by atoms with van der Waals surface area (Å²) in [6.07, 6.45) is 3.11. The van der Waals surface area contributed by atoms with Crippen LogP contribution in [0.1, 0.15) is 19.4 Å². The lowest BCUT2D eigenvalue weighted by atomic mass is 10.2. The number of aromatic nitrogens is 2. The molecule has 10 heteroatoms. The van der Waals surface area contributed by atoms with Gasteiger partial charge >= 0.3 is 6.09 Å². The van der Waals surface area contributed by atoms with Crippen LogP contribution in [0.5, 0.6) is 0 Å². The standard InChI is InChI=1S/C11H14N2O2.C6H8N2.C2H7N3.CH5N/c1-9(12-2)13-11(14)15-8-10-6-4-3-5-7-10;1-6(2)8-5-3-4-7-8;1-5-2(3)4;1-2/h3-7H,8H2,1-2H3,(H,12,13,14);3-5H,1H2,2H3;1H3,(H4,3,4,5);2H2,1H3. The summed E-state index contributed by atoms with van der Waals surface area (Å²) < 4.78 is 6.69. The molecular weight excluding hydrogens is 384 g/mol. The maximum atomic E-state index is 11.2. The molecule has 2 aromatic rings. The van der Waals surface area contributed by atoms with Crippen LogP contribution >= 0.6 is 0 Å². The number of alkyl carbamates (subject to hydrolysis) is 1. The fourth-order valence-corrected chi connectivity index (χ4v) is 1.46. The minimum atomic E-state index is -0.484. The highest BCUT2D eigenvalue weighted by atomic mass is 16.5. The van der Waals surface area contributed by atoms with Gasteiger partial charge in [0.2, 0.25) is 0 Å². The van der Waals surface area contributed by atoms with E-state index in [0.717, 1.165) is 11.3 Å². The number of amidine groups is 1. The van der Waals surface area contributed by atoms with Crippen molar-refractivity contribution < 1.29 is 9.53 Å². The van der Waals surface area contributed by atoms with Crippen LogP contribution < -0.4 is 22.5 Å². The molecule has 2 rings (SSSR count). The third kappa shape index (κ3) is 16.5.